The quantitative estimate of drug-likeness (QED) is 0.172. The van der Waals surface area contributed by atoms with E-state index in [0.717, 1.165) is 51.9 Å². The van der Waals surface area contributed by atoms with Crippen molar-refractivity contribution in [3.05, 3.63) is 96.1 Å². The first-order chi connectivity index (χ1) is 23.4. The number of aromatic amines is 1. The summed E-state index contributed by atoms with van der Waals surface area (Å²) in [5.74, 6) is 1.48. The van der Waals surface area contributed by atoms with Gasteiger partial charge >= 0.3 is 6.01 Å². The number of carbonyl (C=O) groups is 1. The molecule has 0 spiro atoms. The molecular weight excluding hydrogens is 608 g/mol. The number of hydrogen-bond acceptors (Lipinski definition) is 10. The molecule has 1 aliphatic heterocycles. The zero-order chi connectivity index (χ0) is 33.0. The van der Waals surface area contributed by atoms with Crippen LogP contribution in [0.15, 0.2) is 79.3 Å². The van der Waals surface area contributed by atoms with Crippen molar-refractivity contribution in [2.75, 3.05) is 30.3 Å². The summed E-state index contributed by atoms with van der Waals surface area (Å²) in [6, 6.07) is 19.6. The van der Waals surface area contributed by atoms with Gasteiger partial charge in [0.2, 0.25) is 17.7 Å². The fourth-order valence-electron chi connectivity index (χ4n) is 5.75. The first-order valence-corrected chi connectivity index (χ1v) is 15.8. The molecule has 7 rings (SSSR count). The van der Waals surface area contributed by atoms with Gasteiger partial charge in [0.25, 0.3) is 0 Å². The number of ether oxygens (including phenoxy) is 2. The molecule has 5 heterocycles. The molecule has 13 nitrogen and oxygen atoms in total. The highest BCUT2D eigenvalue weighted by Gasteiger charge is 2.26. The second-order valence-corrected chi connectivity index (χ2v) is 11.8. The Hall–Kier alpha value is -5.82. The minimum Gasteiger partial charge on any atom is -0.473 e. The van der Waals surface area contributed by atoms with Gasteiger partial charge < -0.3 is 25.1 Å². The maximum absolute atomic E-state index is 13.2. The molecule has 1 atom stereocenters. The second kappa shape index (κ2) is 13.5. The lowest BCUT2D eigenvalue weighted by molar-refractivity contribution is -0.117. The Morgan fingerprint density at radius 2 is 1.94 bits per heavy atom. The Kier molecular flexibility index (Phi) is 8.67. The highest BCUT2D eigenvalue weighted by molar-refractivity contribution is 6.06. The van der Waals surface area contributed by atoms with Crippen molar-refractivity contribution < 1.29 is 14.3 Å². The van der Waals surface area contributed by atoms with Gasteiger partial charge in [0, 0.05) is 67.5 Å². The number of amides is 1. The van der Waals surface area contributed by atoms with E-state index in [1.807, 2.05) is 81.7 Å². The molecule has 0 bridgehead atoms. The number of aryl methyl sites for hydroxylation is 3. The molecule has 1 fully saturated rings. The topological polar surface area (TPSA) is 148 Å². The number of anilines is 3. The van der Waals surface area contributed by atoms with Crippen LogP contribution in [0.1, 0.15) is 23.2 Å². The summed E-state index contributed by atoms with van der Waals surface area (Å²) in [5.41, 5.74) is 6.21. The van der Waals surface area contributed by atoms with Crippen molar-refractivity contribution in [1.29, 1.82) is 0 Å². The summed E-state index contributed by atoms with van der Waals surface area (Å²) in [5, 5.41) is 11.7. The number of fused-ring (bicyclic) bond motifs is 1. The third-order valence-electron chi connectivity index (χ3n) is 8.27. The molecule has 1 amide bonds. The standard InChI is InChI=1S/C35H36N10O3/c1-22-17-38-34(40-29-16-23(2)44(3)43-29)42-32(22)27-18-37-33-26(27)10-7-11-28(33)39-30(46)20-45-15-13-25(19-45)48-31-12-14-36-35(41-31)47-21-24-8-5-4-6-9-24/h4-12,14,16-18,25,37H,13,15,19-21H2,1-3H3,(H,39,46)(H,38,40,42,43). The minimum atomic E-state index is -0.103. The van der Waals surface area contributed by atoms with Crippen LogP contribution in [-0.4, -0.2) is 71.2 Å². The molecule has 0 aliphatic carbocycles. The lowest BCUT2D eigenvalue weighted by Gasteiger charge is -2.16. The van der Waals surface area contributed by atoms with Crippen molar-refractivity contribution in [2.24, 2.45) is 7.05 Å². The molecule has 4 aromatic heterocycles. The van der Waals surface area contributed by atoms with E-state index in [0.29, 0.717) is 36.5 Å². The number of likely N-dealkylation sites (tertiary alicyclic amines) is 1. The lowest BCUT2D eigenvalue weighted by Crippen LogP contribution is -2.33. The van der Waals surface area contributed by atoms with Crippen LogP contribution in [-0.2, 0) is 18.4 Å². The first-order valence-electron chi connectivity index (χ1n) is 15.8. The highest BCUT2D eigenvalue weighted by atomic mass is 16.5. The monoisotopic (exact) mass is 644 g/mol. The molecule has 0 saturated carbocycles. The number of para-hydroxylation sites is 1. The smallest absolute Gasteiger partial charge is 0.320 e. The first kappa shape index (κ1) is 30.8. The molecule has 2 aromatic carbocycles. The second-order valence-electron chi connectivity index (χ2n) is 11.8. The Bertz CT molecular complexity index is 2040. The molecule has 1 unspecified atom stereocenters. The van der Waals surface area contributed by atoms with E-state index in [4.69, 9.17) is 14.5 Å². The van der Waals surface area contributed by atoms with Crippen molar-refractivity contribution in [3.8, 4) is 23.1 Å². The van der Waals surface area contributed by atoms with Crippen molar-refractivity contribution >= 4 is 34.3 Å². The molecule has 244 valence electrons. The van der Waals surface area contributed by atoms with E-state index in [9.17, 15) is 4.79 Å². The number of nitrogens with one attached hydrogen (secondary N) is 3. The van der Waals surface area contributed by atoms with Gasteiger partial charge in [-0.05, 0) is 37.5 Å². The summed E-state index contributed by atoms with van der Waals surface area (Å²) >= 11 is 0. The minimum absolute atomic E-state index is 0.0961. The normalized spacial score (nSPS) is 14.7. The molecule has 13 heteroatoms. The number of aromatic nitrogens is 7. The van der Waals surface area contributed by atoms with E-state index in [1.165, 1.54) is 0 Å². The number of carbonyl (C=O) groups excluding carboxylic acids is 1. The van der Waals surface area contributed by atoms with E-state index < -0.39 is 0 Å². The van der Waals surface area contributed by atoms with Crippen LogP contribution in [0, 0.1) is 13.8 Å². The van der Waals surface area contributed by atoms with Gasteiger partial charge in [0.05, 0.1) is 23.4 Å². The number of hydrogen-bond donors (Lipinski definition) is 3. The SMILES string of the molecule is Cc1cnc(Nc2cc(C)n(C)n2)nc1-c1c[nH]c2c(NC(=O)CN3CCC(Oc4ccnc(OCc5ccccc5)n4)C3)cccc12. The zero-order valence-electron chi connectivity index (χ0n) is 27.0. The maximum atomic E-state index is 13.2. The molecule has 1 aliphatic rings. The number of nitrogens with zero attached hydrogens (tertiary/aromatic N) is 7. The van der Waals surface area contributed by atoms with Crippen LogP contribution in [0.2, 0.25) is 0 Å². The van der Waals surface area contributed by atoms with Gasteiger partial charge in [0.15, 0.2) is 5.82 Å². The highest BCUT2D eigenvalue weighted by Crippen LogP contribution is 2.33. The lowest BCUT2D eigenvalue weighted by atomic mass is 10.1. The third-order valence-corrected chi connectivity index (χ3v) is 8.27. The average Bonchev–Trinajstić information content (AvgIpc) is 3.80. The summed E-state index contributed by atoms with van der Waals surface area (Å²) < 4.78 is 13.7. The number of benzene rings is 2. The maximum Gasteiger partial charge on any atom is 0.320 e. The van der Waals surface area contributed by atoms with Crippen LogP contribution >= 0.6 is 0 Å². The molecule has 0 radical (unpaired) electrons. The predicted molar refractivity (Wildman–Crippen MR) is 182 cm³/mol. The van der Waals surface area contributed by atoms with Gasteiger partial charge in [0.1, 0.15) is 12.7 Å². The third kappa shape index (κ3) is 6.95. The van der Waals surface area contributed by atoms with Gasteiger partial charge in [-0.15, -0.1) is 0 Å². The summed E-state index contributed by atoms with van der Waals surface area (Å²) in [4.78, 5) is 36.5. The predicted octanol–water partition coefficient (Wildman–Crippen LogP) is 5.18. The summed E-state index contributed by atoms with van der Waals surface area (Å²) in [7, 11) is 1.89. The van der Waals surface area contributed by atoms with E-state index in [2.05, 4.69) is 40.6 Å². The van der Waals surface area contributed by atoms with Gasteiger partial charge in [-0.1, -0.05) is 42.5 Å². The molecular formula is C35H36N10O3. The molecule has 3 N–H and O–H groups in total. The molecule has 6 aromatic rings. The van der Waals surface area contributed by atoms with Crippen molar-refractivity contribution in [3.63, 3.8) is 0 Å². The fraction of sp³-hybridized carbons (Fsp3) is 0.257. The fourth-order valence-corrected chi connectivity index (χ4v) is 5.75. The zero-order valence-corrected chi connectivity index (χ0v) is 27.0. The van der Waals surface area contributed by atoms with Crippen LogP contribution in [0.4, 0.5) is 17.5 Å². The summed E-state index contributed by atoms with van der Waals surface area (Å²) in [6.07, 6.45) is 6.02. The van der Waals surface area contributed by atoms with Gasteiger partial charge in [-0.25, -0.2) is 15.0 Å². The van der Waals surface area contributed by atoms with Gasteiger partial charge in [-0.3, -0.25) is 14.4 Å². The van der Waals surface area contributed by atoms with Crippen molar-refractivity contribution in [2.45, 2.75) is 33.0 Å². The largest absolute Gasteiger partial charge is 0.473 e. The van der Waals surface area contributed by atoms with E-state index in [-0.39, 0.29) is 24.6 Å². The van der Waals surface area contributed by atoms with Crippen LogP contribution in [0.3, 0.4) is 0 Å². The summed E-state index contributed by atoms with van der Waals surface area (Å²) in [6.45, 7) is 5.92. The average molecular weight is 645 g/mol. The van der Waals surface area contributed by atoms with E-state index >= 15 is 0 Å². The molecule has 1 saturated heterocycles. The number of rotatable bonds is 11. The van der Waals surface area contributed by atoms with E-state index in [1.54, 1.807) is 23.1 Å². The number of H-pyrrole nitrogens is 1. The van der Waals surface area contributed by atoms with Crippen LogP contribution in [0.25, 0.3) is 22.2 Å². The Balaban J connectivity index is 0.967. The Morgan fingerprint density at radius 3 is 2.77 bits per heavy atom. The van der Waals surface area contributed by atoms with Gasteiger partial charge in [-0.2, -0.15) is 10.1 Å². The Morgan fingerprint density at radius 1 is 1.06 bits per heavy atom. The molecule has 48 heavy (non-hydrogen) atoms. The van der Waals surface area contributed by atoms with Crippen molar-refractivity contribution in [1.82, 2.24) is 39.6 Å². The van der Waals surface area contributed by atoms with Crippen LogP contribution < -0.4 is 20.1 Å². The van der Waals surface area contributed by atoms with Crippen LogP contribution in [0.5, 0.6) is 11.9 Å². The Labute approximate surface area is 277 Å².